The molecule has 0 unspecified atom stereocenters. The number of carbonyl (C=O) groups is 1. The van der Waals surface area contributed by atoms with Gasteiger partial charge in [0, 0.05) is 6.54 Å². The molecule has 0 spiro atoms. The first-order chi connectivity index (χ1) is 15.0. The number of halogens is 1. The van der Waals surface area contributed by atoms with E-state index in [2.05, 4.69) is 17.4 Å². The number of nitrogens with zero attached hydrogens (tertiary/aromatic N) is 1. The number of carbonyl (C=O) groups excluding carboxylic acids is 1. The molecule has 31 heavy (non-hydrogen) atoms. The number of benzene rings is 2. The third-order valence-corrected chi connectivity index (χ3v) is 4.95. The van der Waals surface area contributed by atoms with E-state index in [0.29, 0.717) is 35.2 Å². The first kappa shape index (κ1) is 24.3. The average Bonchev–Trinajstić information content (AvgIpc) is 2.77. The smallest absolute Gasteiger partial charge is 0.261 e. The van der Waals surface area contributed by atoms with Crippen LogP contribution in [0.3, 0.4) is 0 Å². The highest BCUT2D eigenvalue weighted by molar-refractivity contribution is 6.32. The van der Waals surface area contributed by atoms with Crippen molar-refractivity contribution in [1.29, 1.82) is 5.26 Å². The zero-order valence-electron chi connectivity index (χ0n) is 18.3. The van der Waals surface area contributed by atoms with E-state index >= 15 is 0 Å². The Hall–Kier alpha value is -2.97. The fourth-order valence-corrected chi connectivity index (χ4v) is 3.15. The van der Waals surface area contributed by atoms with Gasteiger partial charge in [-0.1, -0.05) is 48.9 Å². The summed E-state index contributed by atoms with van der Waals surface area (Å²) < 4.78 is 11.6. The van der Waals surface area contributed by atoms with E-state index in [0.717, 1.165) is 19.3 Å². The van der Waals surface area contributed by atoms with Gasteiger partial charge in [0.05, 0.1) is 17.7 Å². The molecular formula is C25H29ClN2O3. The lowest BCUT2D eigenvalue weighted by molar-refractivity contribution is -0.117. The van der Waals surface area contributed by atoms with Crippen LogP contribution in [-0.2, 0) is 11.2 Å². The summed E-state index contributed by atoms with van der Waals surface area (Å²) >= 11 is 6.42. The lowest BCUT2D eigenvalue weighted by Crippen LogP contribution is -2.25. The van der Waals surface area contributed by atoms with Gasteiger partial charge in [0.1, 0.15) is 11.6 Å². The highest BCUT2D eigenvalue weighted by Crippen LogP contribution is 2.38. The van der Waals surface area contributed by atoms with Crippen LogP contribution in [0, 0.1) is 11.3 Å². The number of nitriles is 1. The lowest BCUT2D eigenvalue weighted by Gasteiger charge is -2.18. The van der Waals surface area contributed by atoms with Crippen LogP contribution in [0.25, 0.3) is 6.08 Å². The van der Waals surface area contributed by atoms with Crippen molar-refractivity contribution in [2.45, 2.75) is 46.1 Å². The van der Waals surface area contributed by atoms with E-state index in [1.54, 1.807) is 12.1 Å². The largest absolute Gasteiger partial charge is 0.490 e. The second-order valence-corrected chi connectivity index (χ2v) is 7.52. The van der Waals surface area contributed by atoms with Crippen molar-refractivity contribution in [1.82, 2.24) is 5.32 Å². The second-order valence-electron chi connectivity index (χ2n) is 7.11. The standard InChI is InChI=1S/C25H29ClN2O3/c1-4-18(3)31-24-22(26)15-20(16-23(24)30-5-2)14-21(17-27)25(29)28-13-9-12-19-10-7-6-8-11-19/h6-8,10-11,14-16,18H,4-5,9,12-13H2,1-3H3,(H,28,29)/b21-14-/t18-/m0/s1. The van der Waals surface area contributed by atoms with Gasteiger partial charge < -0.3 is 14.8 Å². The van der Waals surface area contributed by atoms with Crippen LogP contribution in [-0.4, -0.2) is 25.2 Å². The quantitative estimate of drug-likeness (QED) is 0.281. The summed E-state index contributed by atoms with van der Waals surface area (Å²) in [6.45, 7) is 6.77. The monoisotopic (exact) mass is 440 g/mol. The average molecular weight is 441 g/mol. The van der Waals surface area contributed by atoms with Crippen molar-refractivity contribution in [3.05, 3.63) is 64.2 Å². The maximum absolute atomic E-state index is 12.4. The highest BCUT2D eigenvalue weighted by Gasteiger charge is 2.16. The van der Waals surface area contributed by atoms with Crippen molar-refractivity contribution in [3.63, 3.8) is 0 Å². The molecule has 0 aromatic heterocycles. The van der Waals surface area contributed by atoms with Crippen LogP contribution >= 0.6 is 11.6 Å². The van der Waals surface area contributed by atoms with Crippen LogP contribution < -0.4 is 14.8 Å². The molecule has 0 fully saturated rings. The minimum atomic E-state index is -0.412. The maximum atomic E-state index is 12.4. The fourth-order valence-electron chi connectivity index (χ4n) is 2.88. The summed E-state index contributed by atoms with van der Waals surface area (Å²) in [6.07, 6.45) is 3.96. The predicted octanol–water partition coefficient (Wildman–Crippen LogP) is 5.57. The van der Waals surface area contributed by atoms with Gasteiger partial charge >= 0.3 is 0 Å². The van der Waals surface area contributed by atoms with Crippen molar-refractivity contribution < 1.29 is 14.3 Å². The number of rotatable bonds is 11. The molecule has 1 atom stereocenters. The van der Waals surface area contributed by atoms with Crippen LogP contribution in [0.2, 0.25) is 5.02 Å². The van der Waals surface area contributed by atoms with Crippen LogP contribution in [0.5, 0.6) is 11.5 Å². The molecule has 0 aliphatic rings. The van der Waals surface area contributed by atoms with Crippen LogP contribution in [0.4, 0.5) is 0 Å². The molecular weight excluding hydrogens is 412 g/mol. The molecule has 0 heterocycles. The molecule has 5 nitrogen and oxygen atoms in total. The second kappa shape index (κ2) is 12.7. The molecule has 0 saturated carbocycles. The first-order valence-electron chi connectivity index (χ1n) is 10.5. The Labute approximate surface area is 189 Å². The zero-order valence-corrected chi connectivity index (χ0v) is 19.0. The predicted molar refractivity (Wildman–Crippen MR) is 124 cm³/mol. The molecule has 0 radical (unpaired) electrons. The number of hydrogen-bond acceptors (Lipinski definition) is 4. The first-order valence-corrected chi connectivity index (χ1v) is 10.9. The third kappa shape index (κ3) is 7.66. The summed E-state index contributed by atoms with van der Waals surface area (Å²) in [5.41, 5.74) is 1.82. The topological polar surface area (TPSA) is 71.3 Å². The van der Waals surface area contributed by atoms with E-state index in [4.69, 9.17) is 21.1 Å². The Kier molecular flexibility index (Phi) is 9.93. The number of aryl methyl sites for hydroxylation is 1. The van der Waals surface area contributed by atoms with E-state index < -0.39 is 5.91 Å². The molecule has 2 aromatic carbocycles. The molecule has 0 bridgehead atoms. The summed E-state index contributed by atoms with van der Waals surface area (Å²) in [4.78, 5) is 12.4. The van der Waals surface area contributed by atoms with Gasteiger partial charge in [0.25, 0.3) is 5.91 Å². The molecule has 164 valence electrons. The van der Waals surface area contributed by atoms with Crippen molar-refractivity contribution in [2.24, 2.45) is 0 Å². The number of hydrogen-bond donors (Lipinski definition) is 1. The molecule has 2 rings (SSSR count). The Morgan fingerprint density at radius 2 is 2.00 bits per heavy atom. The van der Waals surface area contributed by atoms with Gasteiger partial charge in [0.2, 0.25) is 0 Å². The van der Waals surface area contributed by atoms with Gasteiger partial charge in [-0.05, 0) is 62.4 Å². The Morgan fingerprint density at radius 1 is 1.26 bits per heavy atom. The number of amides is 1. The lowest BCUT2D eigenvalue weighted by atomic mass is 10.1. The summed E-state index contributed by atoms with van der Waals surface area (Å²) in [5, 5.41) is 12.6. The number of nitrogens with one attached hydrogen (secondary N) is 1. The minimum Gasteiger partial charge on any atom is -0.490 e. The maximum Gasteiger partial charge on any atom is 0.261 e. The van der Waals surface area contributed by atoms with Gasteiger partial charge in [-0.25, -0.2) is 0 Å². The molecule has 1 amide bonds. The van der Waals surface area contributed by atoms with E-state index in [1.807, 2.05) is 45.0 Å². The van der Waals surface area contributed by atoms with Gasteiger partial charge in [-0.3, -0.25) is 4.79 Å². The molecule has 1 N–H and O–H groups in total. The Morgan fingerprint density at radius 3 is 2.65 bits per heavy atom. The normalized spacial score (nSPS) is 12.0. The van der Waals surface area contributed by atoms with Gasteiger partial charge in [0.15, 0.2) is 11.5 Å². The van der Waals surface area contributed by atoms with Crippen LogP contribution in [0.15, 0.2) is 48.0 Å². The molecule has 0 aliphatic carbocycles. The minimum absolute atomic E-state index is 0.00817. The summed E-state index contributed by atoms with van der Waals surface area (Å²) in [6, 6.07) is 15.4. The molecule has 6 heteroatoms. The Bertz CT molecular complexity index is 936. The molecule has 2 aromatic rings. The van der Waals surface area contributed by atoms with Crippen LogP contribution in [0.1, 0.15) is 44.7 Å². The van der Waals surface area contributed by atoms with Gasteiger partial charge in [-0.2, -0.15) is 5.26 Å². The molecule has 0 aliphatic heterocycles. The summed E-state index contributed by atoms with van der Waals surface area (Å²) in [5.74, 6) is 0.547. The summed E-state index contributed by atoms with van der Waals surface area (Å²) in [7, 11) is 0. The fraction of sp³-hybridized carbons (Fsp3) is 0.360. The highest BCUT2D eigenvalue weighted by atomic mass is 35.5. The number of ether oxygens (including phenoxy) is 2. The Balaban J connectivity index is 2.09. The SMILES string of the molecule is CCOc1cc(/C=C(/C#N)C(=O)NCCCc2ccccc2)cc(Cl)c1O[C@@H](C)CC. The zero-order chi connectivity index (χ0) is 22.6. The van der Waals surface area contributed by atoms with E-state index in [9.17, 15) is 10.1 Å². The molecule has 0 saturated heterocycles. The van der Waals surface area contributed by atoms with Crippen molar-refractivity contribution in [2.75, 3.05) is 13.2 Å². The van der Waals surface area contributed by atoms with E-state index in [1.165, 1.54) is 11.6 Å². The van der Waals surface area contributed by atoms with Crippen molar-refractivity contribution in [3.8, 4) is 17.6 Å². The van der Waals surface area contributed by atoms with Gasteiger partial charge in [-0.15, -0.1) is 0 Å². The third-order valence-electron chi connectivity index (χ3n) is 4.67. The van der Waals surface area contributed by atoms with E-state index in [-0.39, 0.29) is 11.7 Å². The van der Waals surface area contributed by atoms with Crippen molar-refractivity contribution >= 4 is 23.6 Å².